The Kier molecular flexibility index (Phi) is 10.5. The van der Waals surface area contributed by atoms with E-state index in [9.17, 15) is 15.2 Å². The summed E-state index contributed by atoms with van der Waals surface area (Å²) in [4.78, 5) is 13.7. The molecule has 1 saturated heterocycles. The first-order valence-electron chi connectivity index (χ1n) is 12.8. The molecule has 0 spiro atoms. The molecule has 0 aliphatic carbocycles. The van der Waals surface area contributed by atoms with Gasteiger partial charge in [0.2, 0.25) is 0 Å². The zero-order valence-corrected chi connectivity index (χ0v) is 23.7. The van der Waals surface area contributed by atoms with Crippen molar-refractivity contribution in [2.24, 2.45) is 5.41 Å². The minimum Gasteiger partial charge on any atom is -0.394 e. The number of halogens is 4. The van der Waals surface area contributed by atoms with Crippen LogP contribution in [0.25, 0.3) is 0 Å². The van der Waals surface area contributed by atoms with Crippen LogP contribution in [-0.4, -0.2) is 54.5 Å². The van der Waals surface area contributed by atoms with Crippen LogP contribution in [0, 0.1) is 28.4 Å². The lowest BCUT2D eigenvalue weighted by molar-refractivity contribution is -0.121. The minimum atomic E-state index is -1.73. The Labute approximate surface area is 237 Å². The number of hydrogen-bond acceptors (Lipinski definition) is 6. The number of carbonyl (C=O) groups is 1. The molecule has 212 valence electrons. The number of rotatable bonds is 12. The van der Waals surface area contributed by atoms with Gasteiger partial charge in [0.1, 0.15) is 22.8 Å². The van der Waals surface area contributed by atoms with Gasteiger partial charge in [0.05, 0.1) is 36.5 Å². The lowest BCUT2D eigenvalue weighted by atomic mass is 9.62. The van der Waals surface area contributed by atoms with Crippen LogP contribution in [0.4, 0.5) is 8.78 Å². The van der Waals surface area contributed by atoms with Gasteiger partial charge in [0, 0.05) is 36.1 Å². The highest BCUT2D eigenvalue weighted by Gasteiger charge is 2.61. The van der Waals surface area contributed by atoms with Gasteiger partial charge in [0.15, 0.2) is 0 Å². The monoisotopic (exact) mass is 582 g/mol. The smallest absolute Gasteiger partial charge is 0.150 e. The normalized spacial score (nSPS) is 23.9. The van der Waals surface area contributed by atoms with Gasteiger partial charge in [-0.2, -0.15) is 5.26 Å². The number of nitrogens with one attached hydrogen (secondary N) is 1. The van der Waals surface area contributed by atoms with Crippen molar-refractivity contribution < 1.29 is 28.5 Å². The van der Waals surface area contributed by atoms with Gasteiger partial charge < -0.3 is 20.3 Å². The summed E-state index contributed by atoms with van der Waals surface area (Å²) in [6, 6.07) is 8.80. The Balaban J connectivity index is 2.25. The van der Waals surface area contributed by atoms with Gasteiger partial charge in [-0.25, -0.2) is 8.78 Å². The van der Waals surface area contributed by atoms with Crippen molar-refractivity contribution in [1.29, 1.82) is 5.26 Å². The molecule has 2 aromatic rings. The summed E-state index contributed by atoms with van der Waals surface area (Å²) in [7, 11) is 1.55. The summed E-state index contributed by atoms with van der Waals surface area (Å²) in [5.41, 5.74) is -2.21. The Morgan fingerprint density at radius 2 is 2.00 bits per heavy atom. The van der Waals surface area contributed by atoms with E-state index in [1.165, 1.54) is 30.3 Å². The van der Waals surface area contributed by atoms with E-state index in [-0.39, 0.29) is 46.2 Å². The molecule has 1 aliphatic heterocycles. The van der Waals surface area contributed by atoms with E-state index in [1.54, 1.807) is 7.11 Å². The van der Waals surface area contributed by atoms with Crippen molar-refractivity contribution in [2.45, 2.75) is 69.1 Å². The maximum Gasteiger partial charge on any atom is 0.150 e. The van der Waals surface area contributed by atoms with Gasteiger partial charge in [-0.3, -0.25) is 4.79 Å². The van der Waals surface area contributed by atoms with Crippen molar-refractivity contribution in [3.8, 4) is 6.07 Å². The SMILES string of the molecule is COCC(C)(C)C[C@@H]1N[C@@H](C(=O)CCC[C@H](O)CO)[C@H](c2cccc(Cl)c2F)[C@@]1(C#N)c1ccc(Cl)cc1F. The lowest BCUT2D eigenvalue weighted by Crippen LogP contribution is -2.45. The third kappa shape index (κ3) is 6.62. The molecule has 5 atom stereocenters. The summed E-state index contributed by atoms with van der Waals surface area (Å²) in [6.45, 7) is 3.75. The van der Waals surface area contributed by atoms with E-state index >= 15 is 8.78 Å². The number of benzene rings is 2. The topological polar surface area (TPSA) is 103 Å². The number of ether oxygens (including phenoxy) is 1. The summed E-state index contributed by atoms with van der Waals surface area (Å²) >= 11 is 12.2. The number of hydrogen-bond donors (Lipinski definition) is 3. The highest BCUT2D eigenvalue weighted by molar-refractivity contribution is 6.31. The first-order chi connectivity index (χ1) is 18.4. The van der Waals surface area contributed by atoms with Crippen molar-refractivity contribution in [3.05, 3.63) is 69.2 Å². The number of methoxy groups -OCH3 is 1. The van der Waals surface area contributed by atoms with Crippen molar-refractivity contribution in [3.63, 3.8) is 0 Å². The van der Waals surface area contributed by atoms with E-state index in [4.69, 9.17) is 33.0 Å². The van der Waals surface area contributed by atoms with Crippen molar-refractivity contribution in [2.75, 3.05) is 20.3 Å². The third-order valence-corrected chi connectivity index (χ3v) is 7.97. The molecule has 0 saturated carbocycles. The molecule has 2 aromatic carbocycles. The second-order valence-corrected chi connectivity index (χ2v) is 11.8. The molecule has 3 N–H and O–H groups in total. The number of aliphatic hydroxyl groups is 2. The van der Waals surface area contributed by atoms with Crippen LogP contribution >= 0.6 is 23.2 Å². The van der Waals surface area contributed by atoms with Crippen LogP contribution in [0.1, 0.15) is 56.6 Å². The predicted octanol–water partition coefficient (Wildman–Crippen LogP) is 5.31. The Hall–Kier alpha value is -2.12. The second kappa shape index (κ2) is 13.0. The molecule has 3 rings (SSSR count). The van der Waals surface area contributed by atoms with Gasteiger partial charge in [-0.15, -0.1) is 0 Å². The lowest BCUT2D eigenvalue weighted by Gasteiger charge is -2.38. The molecule has 0 bridgehead atoms. The van der Waals surface area contributed by atoms with E-state index in [2.05, 4.69) is 11.4 Å². The average Bonchev–Trinajstić information content (AvgIpc) is 3.19. The van der Waals surface area contributed by atoms with E-state index in [0.29, 0.717) is 13.0 Å². The average molecular weight is 584 g/mol. The predicted molar refractivity (Wildman–Crippen MR) is 146 cm³/mol. The number of nitriles is 1. The standard InChI is InChI=1S/C29H34Cl2F2N2O4/c1-28(2,16-39-3)13-24-29(15-34,20-11-10-17(30)12-22(20)32)25(19-7-5-8-21(31)26(19)33)27(35-24)23(38)9-4-6-18(37)14-36/h5,7-8,10-12,18,24-25,27,35-37H,4,6,9,13-14,16H2,1-3H3/t18-,24-,25-,27-,29-/m0/s1. The highest BCUT2D eigenvalue weighted by Crippen LogP contribution is 2.53. The van der Waals surface area contributed by atoms with Crippen LogP contribution < -0.4 is 5.32 Å². The molecule has 1 heterocycles. The second-order valence-electron chi connectivity index (χ2n) is 10.9. The van der Waals surface area contributed by atoms with Crippen LogP contribution in [0.15, 0.2) is 36.4 Å². The Bertz CT molecular complexity index is 1220. The fraction of sp³-hybridized carbons (Fsp3) is 0.517. The van der Waals surface area contributed by atoms with Crippen LogP contribution in [0.5, 0.6) is 0 Å². The molecular weight excluding hydrogens is 549 g/mol. The molecule has 0 amide bonds. The summed E-state index contributed by atoms with van der Waals surface area (Å²) in [5, 5.41) is 33.0. The van der Waals surface area contributed by atoms with E-state index in [0.717, 1.165) is 6.07 Å². The van der Waals surface area contributed by atoms with Gasteiger partial charge in [-0.05, 0) is 48.4 Å². The first kappa shape index (κ1) is 31.4. The minimum absolute atomic E-state index is 0.00417. The Morgan fingerprint density at radius 1 is 1.28 bits per heavy atom. The number of ketones is 1. The van der Waals surface area contributed by atoms with Gasteiger partial charge in [0.25, 0.3) is 0 Å². The van der Waals surface area contributed by atoms with E-state index < -0.39 is 53.2 Å². The molecule has 0 aromatic heterocycles. The molecule has 6 nitrogen and oxygen atoms in total. The van der Waals surface area contributed by atoms with Gasteiger partial charge in [-0.1, -0.05) is 55.2 Å². The fourth-order valence-electron chi connectivity index (χ4n) is 5.76. The van der Waals surface area contributed by atoms with Crippen LogP contribution in [-0.2, 0) is 14.9 Å². The van der Waals surface area contributed by atoms with Gasteiger partial charge >= 0.3 is 0 Å². The third-order valence-electron chi connectivity index (χ3n) is 7.44. The summed E-state index contributed by atoms with van der Waals surface area (Å²) in [6.07, 6.45) is -0.239. The molecule has 39 heavy (non-hydrogen) atoms. The molecular formula is C29H34Cl2F2N2O4. The van der Waals surface area contributed by atoms with Crippen molar-refractivity contribution in [1.82, 2.24) is 5.32 Å². The molecule has 0 unspecified atom stereocenters. The molecule has 1 aliphatic rings. The first-order valence-corrected chi connectivity index (χ1v) is 13.5. The van der Waals surface area contributed by atoms with Crippen LogP contribution in [0.2, 0.25) is 10.0 Å². The molecule has 10 heteroatoms. The van der Waals surface area contributed by atoms with E-state index in [1.807, 2.05) is 13.8 Å². The number of Topliss-reactive ketones (excluding diaryl/α,β-unsaturated/α-hetero) is 1. The number of nitrogens with zero attached hydrogens (tertiary/aromatic N) is 1. The zero-order chi connectivity index (χ0) is 29.0. The Morgan fingerprint density at radius 3 is 2.62 bits per heavy atom. The molecule has 1 fully saturated rings. The fourth-order valence-corrected chi connectivity index (χ4v) is 6.10. The summed E-state index contributed by atoms with van der Waals surface area (Å²) < 4.78 is 36.7. The maximum atomic E-state index is 15.7. The van der Waals surface area contributed by atoms with Crippen molar-refractivity contribution >= 4 is 29.0 Å². The highest BCUT2D eigenvalue weighted by atomic mass is 35.5. The number of aliphatic hydroxyl groups excluding tert-OH is 2. The van der Waals surface area contributed by atoms with Crippen LogP contribution in [0.3, 0.4) is 0 Å². The maximum absolute atomic E-state index is 15.7. The quantitative estimate of drug-likeness (QED) is 0.313. The summed E-state index contributed by atoms with van der Waals surface area (Å²) in [5.74, 6) is -3.00. The zero-order valence-electron chi connectivity index (χ0n) is 22.2. The number of carbonyl (C=O) groups excluding carboxylic acids is 1. The largest absolute Gasteiger partial charge is 0.394 e. The molecule has 0 radical (unpaired) electrons.